The van der Waals surface area contributed by atoms with E-state index in [4.69, 9.17) is 27.9 Å². The van der Waals surface area contributed by atoms with Gasteiger partial charge >= 0.3 is 0 Å². The summed E-state index contributed by atoms with van der Waals surface area (Å²) in [5.74, 6) is 0.128. The van der Waals surface area contributed by atoms with Crippen LogP contribution in [0.1, 0.15) is 19.8 Å². The Hall–Kier alpha value is -1.95. The van der Waals surface area contributed by atoms with Crippen molar-refractivity contribution in [1.29, 1.82) is 0 Å². The number of benzene rings is 2. The van der Waals surface area contributed by atoms with Gasteiger partial charge in [-0.05, 0) is 64.2 Å². The fourth-order valence-corrected chi connectivity index (χ4v) is 3.48. The van der Waals surface area contributed by atoms with Gasteiger partial charge in [0.05, 0.1) is 16.4 Å². The number of hydrogen-bond acceptors (Lipinski definition) is 4. The van der Waals surface area contributed by atoms with E-state index < -0.39 is 6.10 Å². The summed E-state index contributed by atoms with van der Waals surface area (Å²) in [7, 11) is 2.14. The maximum atomic E-state index is 12.7. The first-order valence-corrected chi connectivity index (χ1v) is 10.2. The van der Waals surface area contributed by atoms with Gasteiger partial charge in [-0.1, -0.05) is 41.4 Å². The van der Waals surface area contributed by atoms with E-state index >= 15 is 0 Å². The van der Waals surface area contributed by atoms with Gasteiger partial charge in [0.2, 0.25) is 0 Å². The molecule has 1 fully saturated rings. The Balaban J connectivity index is 1.64. The second-order valence-corrected chi connectivity index (χ2v) is 7.85. The molecule has 150 valence electrons. The Labute approximate surface area is 176 Å². The van der Waals surface area contributed by atoms with Crippen molar-refractivity contribution in [2.24, 2.45) is 0 Å². The highest BCUT2D eigenvalue weighted by Gasteiger charge is 2.20. The van der Waals surface area contributed by atoms with E-state index in [1.807, 2.05) is 24.3 Å². The zero-order valence-corrected chi connectivity index (χ0v) is 17.6. The minimum Gasteiger partial charge on any atom is -0.479 e. The molecule has 1 unspecified atom stereocenters. The minimum absolute atomic E-state index is 0.256. The summed E-state index contributed by atoms with van der Waals surface area (Å²) < 4.78 is 5.71. The van der Waals surface area contributed by atoms with Crippen LogP contribution in [0.15, 0.2) is 42.5 Å². The molecular formula is C21H25Cl2N3O2. The van der Waals surface area contributed by atoms with Gasteiger partial charge in [-0.3, -0.25) is 4.79 Å². The van der Waals surface area contributed by atoms with Gasteiger partial charge < -0.3 is 20.3 Å². The molecule has 5 nitrogen and oxygen atoms in total. The van der Waals surface area contributed by atoms with Crippen LogP contribution < -0.4 is 15.4 Å². The fourth-order valence-electron chi connectivity index (χ4n) is 3.14. The Morgan fingerprint density at radius 1 is 1.11 bits per heavy atom. The number of ether oxygens (including phenoxy) is 1. The third-order valence-electron chi connectivity index (χ3n) is 4.85. The molecule has 0 aromatic heterocycles. The van der Waals surface area contributed by atoms with Crippen LogP contribution in [0.4, 0.5) is 11.4 Å². The first-order valence-electron chi connectivity index (χ1n) is 9.39. The molecule has 2 N–H and O–H groups in total. The van der Waals surface area contributed by atoms with Crippen molar-refractivity contribution in [2.75, 3.05) is 30.8 Å². The molecule has 0 bridgehead atoms. The number of rotatable bonds is 6. The largest absolute Gasteiger partial charge is 0.479 e. The van der Waals surface area contributed by atoms with Crippen LogP contribution in [0.5, 0.6) is 5.75 Å². The van der Waals surface area contributed by atoms with Gasteiger partial charge in [-0.2, -0.15) is 0 Å². The average Bonchev–Trinajstić information content (AvgIpc) is 2.68. The molecule has 2 aromatic carbocycles. The second kappa shape index (κ2) is 9.50. The van der Waals surface area contributed by atoms with E-state index in [2.05, 4.69) is 22.6 Å². The van der Waals surface area contributed by atoms with Crippen molar-refractivity contribution < 1.29 is 9.53 Å². The van der Waals surface area contributed by atoms with E-state index in [0.29, 0.717) is 21.8 Å². The normalized spacial score (nSPS) is 16.4. The highest BCUT2D eigenvalue weighted by molar-refractivity contribution is 6.42. The van der Waals surface area contributed by atoms with Gasteiger partial charge in [-0.15, -0.1) is 0 Å². The lowest BCUT2D eigenvalue weighted by Crippen LogP contribution is -2.37. The Kier molecular flexibility index (Phi) is 7.05. The smallest absolute Gasteiger partial charge is 0.265 e. The Morgan fingerprint density at radius 2 is 1.79 bits per heavy atom. The predicted octanol–water partition coefficient (Wildman–Crippen LogP) is 4.91. The van der Waals surface area contributed by atoms with Gasteiger partial charge in [0.25, 0.3) is 5.91 Å². The number of para-hydroxylation sites is 2. The molecule has 2 aromatic rings. The van der Waals surface area contributed by atoms with Crippen molar-refractivity contribution in [1.82, 2.24) is 4.90 Å². The summed E-state index contributed by atoms with van der Waals surface area (Å²) in [6.45, 7) is 3.81. The molecule has 28 heavy (non-hydrogen) atoms. The van der Waals surface area contributed by atoms with Crippen LogP contribution >= 0.6 is 23.2 Å². The van der Waals surface area contributed by atoms with Crippen molar-refractivity contribution in [3.8, 4) is 5.75 Å². The number of nitrogens with one attached hydrogen (secondary N) is 2. The number of carbonyl (C=O) groups excluding carboxylic acids is 1. The summed E-state index contributed by atoms with van der Waals surface area (Å²) in [6.07, 6.45) is 1.42. The number of halogens is 2. The number of hydrogen-bond donors (Lipinski definition) is 2. The first kappa shape index (κ1) is 20.8. The Morgan fingerprint density at radius 3 is 2.50 bits per heavy atom. The molecule has 0 radical (unpaired) electrons. The van der Waals surface area contributed by atoms with Crippen molar-refractivity contribution >= 4 is 40.5 Å². The lowest BCUT2D eigenvalue weighted by atomic mass is 10.0. The van der Waals surface area contributed by atoms with Gasteiger partial charge in [0, 0.05) is 6.04 Å². The van der Waals surface area contributed by atoms with Crippen LogP contribution in [0, 0.1) is 0 Å². The van der Waals surface area contributed by atoms with Crippen LogP contribution in [0.2, 0.25) is 10.0 Å². The molecule has 0 saturated carbocycles. The summed E-state index contributed by atoms with van der Waals surface area (Å²) in [6, 6.07) is 13.2. The average molecular weight is 422 g/mol. The zero-order chi connectivity index (χ0) is 20.1. The standard InChI is InChI=1S/C21H25Cl2N3O2/c1-14(28-19-9-5-6-16(22)20(19)23)21(27)25-18-8-4-3-7-17(18)24-15-10-12-26(2)13-11-15/h3-9,14-15,24H,10-13H2,1-2H3,(H,25,27). The van der Waals surface area contributed by atoms with E-state index in [-0.39, 0.29) is 5.91 Å². The zero-order valence-electron chi connectivity index (χ0n) is 16.0. The summed E-state index contributed by atoms with van der Waals surface area (Å²) >= 11 is 12.1. The number of piperidine rings is 1. The molecule has 3 rings (SSSR count). The summed E-state index contributed by atoms with van der Waals surface area (Å²) in [5, 5.41) is 7.20. The van der Waals surface area contributed by atoms with E-state index in [0.717, 1.165) is 37.3 Å². The predicted molar refractivity (Wildman–Crippen MR) is 116 cm³/mol. The van der Waals surface area contributed by atoms with E-state index in [1.165, 1.54) is 0 Å². The fraction of sp³-hybridized carbons (Fsp3) is 0.381. The molecule has 0 aliphatic carbocycles. The third-order valence-corrected chi connectivity index (χ3v) is 5.65. The lowest BCUT2D eigenvalue weighted by Gasteiger charge is -2.30. The number of amides is 1. The van der Waals surface area contributed by atoms with Crippen LogP contribution in [-0.4, -0.2) is 43.1 Å². The lowest BCUT2D eigenvalue weighted by molar-refractivity contribution is -0.122. The number of anilines is 2. The molecular weight excluding hydrogens is 397 g/mol. The highest BCUT2D eigenvalue weighted by Crippen LogP contribution is 2.32. The van der Waals surface area contributed by atoms with Gasteiger partial charge in [0.1, 0.15) is 10.8 Å². The Bertz CT molecular complexity index is 823. The highest BCUT2D eigenvalue weighted by atomic mass is 35.5. The number of nitrogens with zero attached hydrogens (tertiary/aromatic N) is 1. The molecule has 1 aliphatic rings. The molecule has 1 saturated heterocycles. The van der Waals surface area contributed by atoms with Crippen molar-refractivity contribution in [2.45, 2.75) is 31.9 Å². The van der Waals surface area contributed by atoms with Crippen LogP contribution in [-0.2, 0) is 4.79 Å². The first-order chi connectivity index (χ1) is 13.4. The number of likely N-dealkylation sites (tertiary alicyclic amines) is 1. The van der Waals surface area contributed by atoms with E-state index in [9.17, 15) is 4.79 Å². The summed E-state index contributed by atoms with van der Waals surface area (Å²) in [4.78, 5) is 15.0. The van der Waals surface area contributed by atoms with Gasteiger partial charge in [0.15, 0.2) is 6.10 Å². The quantitative estimate of drug-likeness (QED) is 0.695. The molecule has 0 spiro atoms. The SMILES string of the molecule is CC(Oc1cccc(Cl)c1Cl)C(=O)Nc1ccccc1NC1CCN(C)CC1. The van der Waals surface area contributed by atoms with Crippen molar-refractivity contribution in [3.05, 3.63) is 52.5 Å². The third kappa shape index (κ3) is 5.31. The van der Waals surface area contributed by atoms with E-state index in [1.54, 1.807) is 25.1 Å². The second-order valence-electron chi connectivity index (χ2n) is 7.07. The molecule has 1 amide bonds. The summed E-state index contributed by atoms with van der Waals surface area (Å²) in [5.41, 5.74) is 1.65. The van der Waals surface area contributed by atoms with Gasteiger partial charge in [-0.25, -0.2) is 0 Å². The van der Waals surface area contributed by atoms with Crippen molar-refractivity contribution in [3.63, 3.8) is 0 Å². The molecule has 1 aliphatic heterocycles. The monoisotopic (exact) mass is 421 g/mol. The maximum Gasteiger partial charge on any atom is 0.265 e. The molecule has 7 heteroatoms. The maximum absolute atomic E-state index is 12.7. The van der Waals surface area contributed by atoms with Crippen LogP contribution in [0.25, 0.3) is 0 Å². The molecule has 1 atom stereocenters. The van der Waals surface area contributed by atoms with Crippen LogP contribution in [0.3, 0.4) is 0 Å². The number of carbonyl (C=O) groups is 1. The molecule has 1 heterocycles. The minimum atomic E-state index is -0.729. The topological polar surface area (TPSA) is 53.6 Å².